The first kappa shape index (κ1) is 10.5. The first-order valence-electron chi connectivity index (χ1n) is 6.08. The molecule has 0 unspecified atom stereocenters. The van der Waals surface area contributed by atoms with Gasteiger partial charge in [0.15, 0.2) is 0 Å². The zero-order chi connectivity index (χ0) is 11.5. The van der Waals surface area contributed by atoms with E-state index in [2.05, 4.69) is 21.4 Å². The monoisotopic (exact) mass is 228 g/mol. The number of aromatic nitrogens is 3. The second kappa shape index (κ2) is 4.67. The summed E-state index contributed by atoms with van der Waals surface area (Å²) in [6.45, 7) is 2.18. The van der Waals surface area contributed by atoms with Gasteiger partial charge in [-0.3, -0.25) is 4.98 Å². The summed E-state index contributed by atoms with van der Waals surface area (Å²) in [6.07, 6.45) is 9.92. The minimum Gasteiger partial charge on any atom is -0.316 e. The minimum absolute atomic E-state index is 0.548. The highest BCUT2D eigenvalue weighted by atomic mass is 15.0. The van der Waals surface area contributed by atoms with Crippen LogP contribution in [-0.4, -0.2) is 27.6 Å². The lowest BCUT2D eigenvalue weighted by molar-refractivity contribution is 0.454. The topological polar surface area (TPSA) is 42.7 Å². The van der Waals surface area contributed by atoms with Gasteiger partial charge in [0, 0.05) is 42.4 Å². The highest BCUT2D eigenvalue weighted by molar-refractivity contribution is 5.33. The van der Waals surface area contributed by atoms with Gasteiger partial charge in [0.1, 0.15) is 0 Å². The fraction of sp³-hybridized carbons (Fsp3) is 0.385. The van der Waals surface area contributed by atoms with Crippen LogP contribution in [-0.2, 0) is 0 Å². The van der Waals surface area contributed by atoms with Crippen LogP contribution in [0.1, 0.15) is 24.5 Å². The van der Waals surface area contributed by atoms with Crippen LogP contribution < -0.4 is 5.32 Å². The summed E-state index contributed by atoms with van der Waals surface area (Å²) in [5.74, 6) is 0.548. The number of rotatable bonds is 2. The summed E-state index contributed by atoms with van der Waals surface area (Å²) in [4.78, 5) is 8.57. The van der Waals surface area contributed by atoms with Gasteiger partial charge in [0.2, 0.25) is 0 Å². The Morgan fingerprint density at radius 1 is 1.35 bits per heavy atom. The third kappa shape index (κ3) is 2.22. The van der Waals surface area contributed by atoms with Crippen molar-refractivity contribution in [2.75, 3.05) is 13.1 Å². The van der Waals surface area contributed by atoms with Gasteiger partial charge in [-0.05, 0) is 31.5 Å². The summed E-state index contributed by atoms with van der Waals surface area (Å²) in [5.41, 5.74) is 2.32. The Morgan fingerprint density at radius 2 is 2.35 bits per heavy atom. The van der Waals surface area contributed by atoms with Gasteiger partial charge < -0.3 is 9.88 Å². The molecule has 3 rings (SSSR count). The van der Waals surface area contributed by atoms with Crippen molar-refractivity contribution in [2.24, 2.45) is 0 Å². The molecule has 1 saturated heterocycles. The largest absolute Gasteiger partial charge is 0.316 e. The molecule has 1 N–H and O–H groups in total. The number of nitrogens with zero attached hydrogens (tertiary/aromatic N) is 3. The Labute approximate surface area is 101 Å². The molecule has 4 nitrogen and oxygen atoms in total. The molecule has 88 valence electrons. The number of nitrogens with one attached hydrogen (secondary N) is 1. The van der Waals surface area contributed by atoms with Crippen molar-refractivity contribution >= 4 is 0 Å². The molecule has 0 spiro atoms. The zero-order valence-corrected chi connectivity index (χ0v) is 9.71. The lowest BCUT2D eigenvalue weighted by Gasteiger charge is -2.22. The van der Waals surface area contributed by atoms with Crippen molar-refractivity contribution in [3.8, 4) is 5.69 Å². The molecule has 0 aromatic carbocycles. The smallest absolute Gasteiger partial charge is 0.0991 e. The minimum atomic E-state index is 0.548. The zero-order valence-electron chi connectivity index (χ0n) is 9.71. The molecule has 0 saturated carbocycles. The third-order valence-corrected chi connectivity index (χ3v) is 3.28. The van der Waals surface area contributed by atoms with E-state index in [4.69, 9.17) is 0 Å². The molecule has 2 aromatic rings. The first-order chi connectivity index (χ1) is 8.43. The van der Waals surface area contributed by atoms with Crippen LogP contribution in [0.2, 0.25) is 0 Å². The van der Waals surface area contributed by atoms with E-state index in [9.17, 15) is 0 Å². The normalized spacial score (nSPS) is 20.4. The lowest BCUT2D eigenvalue weighted by atomic mass is 9.95. The summed E-state index contributed by atoms with van der Waals surface area (Å²) >= 11 is 0. The summed E-state index contributed by atoms with van der Waals surface area (Å²) in [5, 5.41) is 3.43. The van der Waals surface area contributed by atoms with E-state index in [0.717, 1.165) is 18.8 Å². The number of pyridine rings is 1. The van der Waals surface area contributed by atoms with Crippen LogP contribution in [0.25, 0.3) is 5.69 Å². The number of piperidine rings is 1. The van der Waals surface area contributed by atoms with E-state index in [1.54, 1.807) is 6.20 Å². The van der Waals surface area contributed by atoms with E-state index in [1.807, 2.05) is 29.4 Å². The fourth-order valence-electron chi connectivity index (χ4n) is 2.34. The Hall–Kier alpha value is -1.68. The first-order valence-corrected chi connectivity index (χ1v) is 6.08. The molecule has 1 atom stereocenters. The molecule has 4 heteroatoms. The van der Waals surface area contributed by atoms with Crippen molar-refractivity contribution in [3.63, 3.8) is 0 Å². The van der Waals surface area contributed by atoms with E-state index < -0.39 is 0 Å². The van der Waals surface area contributed by atoms with Gasteiger partial charge >= 0.3 is 0 Å². The van der Waals surface area contributed by atoms with Gasteiger partial charge in [-0.2, -0.15) is 0 Å². The third-order valence-electron chi connectivity index (χ3n) is 3.28. The van der Waals surface area contributed by atoms with Gasteiger partial charge in [0.05, 0.1) is 6.33 Å². The fourth-order valence-corrected chi connectivity index (χ4v) is 2.34. The predicted octanol–water partition coefficient (Wildman–Crippen LogP) is 1.73. The Balaban J connectivity index is 1.88. The highest BCUT2D eigenvalue weighted by Crippen LogP contribution is 2.22. The van der Waals surface area contributed by atoms with Crippen LogP contribution in [0.4, 0.5) is 0 Å². The number of hydrogen-bond donors (Lipinski definition) is 1. The lowest BCUT2D eigenvalue weighted by Crippen LogP contribution is -2.28. The number of imidazole rings is 1. The van der Waals surface area contributed by atoms with Gasteiger partial charge in [-0.25, -0.2) is 4.98 Å². The van der Waals surface area contributed by atoms with Gasteiger partial charge in [-0.1, -0.05) is 0 Å². The molecule has 17 heavy (non-hydrogen) atoms. The molecular weight excluding hydrogens is 212 g/mol. The Kier molecular flexibility index (Phi) is 2.88. The maximum absolute atomic E-state index is 4.50. The van der Waals surface area contributed by atoms with Crippen molar-refractivity contribution in [3.05, 3.63) is 42.7 Å². The SMILES string of the molecule is c1cn(-c2ccnc([C@H]3CCCNC3)c2)cn1. The van der Waals surface area contributed by atoms with E-state index in [1.165, 1.54) is 18.5 Å². The molecule has 1 aliphatic rings. The second-order valence-electron chi connectivity index (χ2n) is 4.45. The molecule has 0 amide bonds. The molecule has 3 heterocycles. The Morgan fingerprint density at radius 3 is 3.12 bits per heavy atom. The van der Waals surface area contributed by atoms with Gasteiger partial charge in [-0.15, -0.1) is 0 Å². The maximum Gasteiger partial charge on any atom is 0.0991 e. The van der Waals surface area contributed by atoms with E-state index >= 15 is 0 Å². The van der Waals surface area contributed by atoms with E-state index in [0.29, 0.717) is 5.92 Å². The molecule has 0 radical (unpaired) electrons. The maximum atomic E-state index is 4.50. The molecule has 0 bridgehead atoms. The highest BCUT2D eigenvalue weighted by Gasteiger charge is 2.16. The van der Waals surface area contributed by atoms with Crippen LogP contribution in [0.5, 0.6) is 0 Å². The second-order valence-corrected chi connectivity index (χ2v) is 4.45. The van der Waals surface area contributed by atoms with Crippen LogP contribution in [0, 0.1) is 0 Å². The quantitative estimate of drug-likeness (QED) is 0.851. The molecule has 0 aliphatic carbocycles. The van der Waals surface area contributed by atoms with E-state index in [-0.39, 0.29) is 0 Å². The van der Waals surface area contributed by atoms with Crippen molar-refractivity contribution in [2.45, 2.75) is 18.8 Å². The standard InChI is InChI=1S/C13H16N4/c1-2-11(9-14-4-1)13-8-12(3-5-16-13)17-7-6-15-10-17/h3,5-8,10-11,14H,1-2,4,9H2/t11-/m0/s1. The number of hydrogen-bond acceptors (Lipinski definition) is 3. The van der Waals surface area contributed by atoms with Crippen molar-refractivity contribution < 1.29 is 0 Å². The average Bonchev–Trinajstić information content (AvgIpc) is 2.94. The van der Waals surface area contributed by atoms with Crippen LogP contribution in [0.15, 0.2) is 37.1 Å². The average molecular weight is 228 g/mol. The van der Waals surface area contributed by atoms with Crippen LogP contribution >= 0.6 is 0 Å². The molecule has 2 aromatic heterocycles. The molecular formula is C13H16N4. The molecule has 1 fully saturated rings. The molecule has 1 aliphatic heterocycles. The summed E-state index contributed by atoms with van der Waals surface area (Å²) in [7, 11) is 0. The van der Waals surface area contributed by atoms with Crippen molar-refractivity contribution in [1.82, 2.24) is 19.9 Å². The van der Waals surface area contributed by atoms with Gasteiger partial charge in [0.25, 0.3) is 0 Å². The predicted molar refractivity (Wildman–Crippen MR) is 66.2 cm³/mol. The summed E-state index contributed by atoms with van der Waals surface area (Å²) < 4.78 is 2.02. The summed E-state index contributed by atoms with van der Waals surface area (Å²) in [6, 6.07) is 4.18. The Bertz CT molecular complexity index is 472. The van der Waals surface area contributed by atoms with Crippen LogP contribution in [0.3, 0.4) is 0 Å². The van der Waals surface area contributed by atoms with Crippen molar-refractivity contribution in [1.29, 1.82) is 0 Å².